The lowest BCUT2D eigenvalue weighted by Gasteiger charge is -2.19. The highest BCUT2D eigenvalue weighted by Gasteiger charge is 2.36. The maximum absolute atomic E-state index is 12.6. The summed E-state index contributed by atoms with van der Waals surface area (Å²) in [7, 11) is 0. The highest BCUT2D eigenvalue weighted by Crippen LogP contribution is 2.45. The molecule has 6 heteroatoms. The molecule has 1 aromatic carbocycles. The molecule has 1 saturated carbocycles. The average molecular weight is 311 g/mol. The first-order valence-corrected chi connectivity index (χ1v) is 7.05. The minimum atomic E-state index is -2.73. The third kappa shape index (κ3) is 3.29. The lowest BCUT2D eigenvalue weighted by molar-refractivity contribution is 0.139. The summed E-state index contributed by atoms with van der Waals surface area (Å²) in [6.07, 6.45) is 0.357. The molecule has 3 nitrogen and oxygen atoms in total. The summed E-state index contributed by atoms with van der Waals surface area (Å²) in [5.74, 6) is 0.477. The van der Waals surface area contributed by atoms with Crippen LogP contribution in [0, 0.1) is 5.92 Å². The molecule has 3 rings (SSSR count). The zero-order chi connectivity index (χ0) is 14.8. The van der Waals surface area contributed by atoms with Crippen molar-refractivity contribution in [3.63, 3.8) is 0 Å². The zero-order valence-corrected chi connectivity index (χ0v) is 11.8. The molecule has 1 fully saturated rings. The molecule has 0 N–H and O–H groups in total. The summed E-state index contributed by atoms with van der Waals surface area (Å²) in [5.41, 5.74) is 0.562. The predicted octanol–water partition coefficient (Wildman–Crippen LogP) is 4.60. The topological polar surface area (TPSA) is 35.0 Å². The first-order valence-electron chi connectivity index (χ1n) is 6.67. The molecule has 110 valence electrons. The van der Waals surface area contributed by atoms with Crippen molar-refractivity contribution in [3.05, 3.63) is 53.1 Å². The number of ether oxygens (including phenoxy) is 1. The average Bonchev–Trinajstić information content (AvgIpc) is 3.31. The molecule has 1 unspecified atom stereocenters. The number of para-hydroxylation sites is 1. The number of nitrogens with zero attached hydrogens (tertiary/aromatic N) is 2. The monoisotopic (exact) mass is 310 g/mol. The lowest BCUT2D eigenvalue weighted by atomic mass is 10.1. The van der Waals surface area contributed by atoms with Gasteiger partial charge in [0.2, 0.25) is 0 Å². The quantitative estimate of drug-likeness (QED) is 0.757. The molecule has 0 aliphatic heterocycles. The molecule has 2 aromatic rings. The van der Waals surface area contributed by atoms with Crippen molar-refractivity contribution in [3.8, 4) is 5.75 Å². The molecule has 1 heterocycles. The Hall–Kier alpha value is -1.75. The Morgan fingerprint density at radius 3 is 2.48 bits per heavy atom. The van der Waals surface area contributed by atoms with E-state index in [0.29, 0.717) is 17.2 Å². The predicted molar refractivity (Wildman–Crippen MR) is 74.5 cm³/mol. The van der Waals surface area contributed by atoms with Gasteiger partial charge in [-0.3, -0.25) is 0 Å². The number of hydrogen-bond donors (Lipinski definition) is 0. The van der Waals surface area contributed by atoms with Gasteiger partial charge in [0.1, 0.15) is 17.0 Å². The second-order valence-corrected chi connectivity index (χ2v) is 5.32. The van der Waals surface area contributed by atoms with Crippen LogP contribution in [0.2, 0.25) is 5.15 Å². The Balaban J connectivity index is 1.87. The van der Waals surface area contributed by atoms with Crippen molar-refractivity contribution in [1.29, 1.82) is 0 Å². The van der Waals surface area contributed by atoms with E-state index in [1.54, 1.807) is 0 Å². The Kier molecular flexibility index (Phi) is 4.01. The number of benzene rings is 1. The van der Waals surface area contributed by atoms with Crippen molar-refractivity contribution in [2.45, 2.75) is 25.4 Å². The molecule has 1 aliphatic carbocycles. The minimum absolute atomic E-state index is 0.0353. The summed E-state index contributed by atoms with van der Waals surface area (Å²) < 4.78 is 31.1. The molecule has 0 saturated heterocycles. The van der Waals surface area contributed by atoms with Crippen LogP contribution >= 0.6 is 11.6 Å². The van der Waals surface area contributed by atoms with E-state index in [1.165, 1.54) is 6.20 Å². The number of hydrogen-bond acceptors (Lipinski definition) is 3. The van der Waals surface area contributed by atoms with E-state index in [4.69, 9.17) is 16.3 Å². The molecule has 0 spiro atoms. The van der Waals surface area contributed by atoms with Crippen LogP contribution in [0.4, 0.5) is 8.78 Å². The maximum atomic E-state index is 12.6. The fourth-order valence-electron chi connectivity index (χ4n) is 2.14. The number of aromatic nitrogens is 2. The third-order valence-corrected chi connectivity index (χ3v) is 3.65. The van der Waals surface area contributed by atoms with Crippen LogP contribution in [0.3, 0.4) is 0 Å². The van der Waals surface area contributed by atoms with E-state index >= 15 is 0 Å². The molecule has 1 atom stereocenters. The smallest absolute Gasteiger partial charge is 0.297 e. The van der Waals surface area contributed by atoms with Crippen molar-refractivity contribution in [2.75, 3.05) is 0 Å². The van der Waals surface area contributed by atoms with Crippen molar-refractivity contribution in [2.24, 2.45) is 5.92 Å². The van der Waals surface area contributed by atoms with E-state index in [1.807, 2.05) is 30.3 Å². The normalized spacial score (nSPS) is 16.0. The summed E-state index contributed by atoms with van der Waals surface area (Å²) >= 11 is 6.04. The SMILES string of the molecule is FC(F)c1ncc(C(Oc2ccccc2)C2CC2)c(Cl)n1. The first-order chi connectivity index (χ1) is 10.1. The highest BCUT2D eigenvalue weighted by atomic mass is 35.5. The van der Waals surface area contributed by atoms with Gasteiger partial charge in [0.15, 0.2) is 5.82 Å². The molecular weight excluding hydrogens is 298 g/mol. The lowest BCUT2D eigenvalue weighted by Crippen LogP contribution is -2.12. The molecule has 0 radical (unpaired) electrons. The van der Waals surface area contributed by atoms with Crippen LogP contribution in [0.15, 0.2) is 36.5 Å². The Bertz CT molecular complexity index is 620. The number of alkyl halides is 2. The Labute approximate surface area is 125 Å². The largest absolute Gasteiger partial charge is 0.485 e. The molecule has 0 bridgehead atoms. The van der Waals surface area contributed by atoms with Gasteiger partial charge in [-0.05, 0) is 25.0 Å². The van der Waals surface area contributed by atoms with Gasteiger partial charge in [-0.25, -0.2) is 18.7 Å². The van der Waals surface area contributed by atoms with Crippen LogP contribution in [-0.2, 0) is 0 Å². The summed E-state index contributed by atoms with van der Waals surface area (Å²) in [6, 6.07) is 9.33. The zero-order valence-electron chi connectivity index (χ0n) is 11.0. The molecule has 1 aromatic heterocycles. The second kappa shape index (κ2) is 5.93. The van der Waals surface area contributed by atoms with E-state index in [0.717, 1.165) is 12.8 Å². The summed E-state index contributed by atoms with van der Waals surface area (Å²) in [5, 5.41) is 0.0353. The number of halogens is 3. The first kappa shape index (κ1) is 14.2. The maximum Gasteiger partial charge on any atom is 0.297 e. The van der Waals surface area contributed by atoms with Crippen LogP contribution in [-0.4, -0.2) is 9.97 Å². The van der Waals surface area contributed by atoms with Crippen LogP contribution < -0.4 is 4.74 Å². The van der Waals surface area contributed by atoms with Gasteiger partial charge in [0, 0.05) is 17.7 Å². The fourth-order valence-corrected chi connectivity index (χ4v) is 2.38. The molecular formula is C15H13ClF2N2O. The number of rotatable bonds is 5. The van der Waals surface area contributed by atoms with Gasteiger partial charge in [-0.15, -0.1) is 0 Å². The van der Waals surface area contributed by atoms with Crippen molar-refractivity contribution < 1.29 is 13.5 Å². The summed E-state index contributed by atoms with van der Waals surface area (Å²) in [4.78, 5) is 7.36. The van der Waals surface area contributed by atoms with Gasteiger partial charge in [0.25, 0.3) is 6.43 Å². The van der Waals surface area contributed by atoms with Gasteiger partial charge < -0.3 is 4.74 Å². The standard InChI is InChI=1S/C15H13ClF2N2O/c16-13-11(8-19-15(20-13)14(17)18)12(9-6-7-9)21-10-4-2-1-3-5-10/h1-5,8-9,12,14H,6-7H2. The van der Waals surface area contributed by atoms with Gasteiger partial charge >= 0.3 is 0 Å². The molecule has 1 aliphatic rings. The van der Waals surface area contributed by atoms with Crippen LogP contribution in [0.5, 0.6) is 5.75 Å². The van der Waals surface area contributed by atoms with E-state index in [-0.39, 0.29) is 11.3 Å². The van der Waals surface area contributed by atoms with E-state index in [9.17, 15) is 8.78 Å². The van der Waals surface area contributed by atoms with Crippen LogP contribution in [0.1, 0.15) is 36.8 Å². The second-order valence-electron chi connectivity index (χ2n) is 4.96. The molecule has 0 amide bonds. The third-order valence-electron chi connectivity index (χ3n) is 3.34. The fraction of sp³-hybridized carbons (Fsp3) is 0.333. The molecule has 21 heavy (non-hydrogen) atoms. The summed E-state index contributed by atoms with van der Waals surface area (Å²) in [6.45, 7) is 0. The van der Waals surface area contributed by atoms with E-state index < -0.39 is 12.2 Å². The van der Waals surface area contributed by atoms with Crippen molar-refractivity contribution in [1.82, 2.24) is 9.97 Å². The Morgan fingerprint density at radius 1 is 1.19 bits per heavy atom. The van der Waals surface area contributed by atoms with Gasteiger partial charge in [-0.1, -0.05) is 29.8 Å². The van der Waals surface area contributed by atoms with Crippen LogP contribution in [0.25, 0.3) is 0 Å². The van der Waals surface area contributed by atoms with Crippen molar-refractivity contribution >= 4 is 11.6 Å². The van der Waals surface area contributed by atoms with Gasteiger partial charge in [-0.2, -0.15) is 0 Å². The van der Waals surface area contributed by atoms with Gasteiger partial charge in [0.05, 0.1) is 0 Å². The highest BCUT2D eigenvalue weighted by molar-refractivity contribution is 6.30. The Morgan fingerprint density at radius 2 is 1.90 bits per heavy atom. The van der Waals surface area contributed by atoms with E-state index in [2.05, 4.69) is 9.97 Å². The minimum Gasteiger partial charge on any atom is -0.485 e.